The van der Waals surface area contributed by atoms with Crippen LogP contribution in [-0.2, 0) is 5.54 Å². The molecule has 0 atom stereocenters. The Balaban J connectivity index is 2.10. The molecule has 2 rings (SSSR count). The Labute approximate surface area is 129 Å². The molecule has 0 aromatic heterocycles. The van der Waals surface area contributed by atoms with E-state index in [1.165, 1.54) is 18.4 Å². The van der Waals surface area contributed by atoms with Crippen molar-refractivity contribution in [1.29, 1.82) is 0 Å². The summed E-state index contributed by atoms with van der Waals surface area (Å²) in [5.41, 5.74) is 1.73. The predicted molar refractivity (Wildman–Crippen MR) is 88.9 cm³/mol. The first-order valence-corrected chi connectivity index (χ1v) is 8.06. The quantitative estimate of drug-likeness (QED) is 0.833. The first kappa shape index (κ1) is 16.3. The van der Waals surface area contributed by atoms with Gasteiger partial charge < -0.3 is 10.1 Å². The van der Waals surface area contributed by atoms with Crippen molar-refractivity contribution in [2.75, 3.05) is 26.7 Å². The molecule has 21 heavy (non-hydrogen) atoms. The van der Waals surface area contributed by atoms with E-state index in [1.54, 1.807) is 7.11 Å². The largest absolute Gasteiger partial charge is 0.496 e. The van der Waals surface area contributed by atoms with Gasteiger partial charge in [0.05, 0.1) is 7.11 Å². The van der Waals surface area contributed by atoms with Gasteiger partial charge in [-0.15, -0.1) is 0 Å². The molecule has 1 N–H and O–H groups in total. The Hall–Kier alpha value is -1.06. The molecule has 0 bridgehead atoms. The van der Waals surface area contributed by atoms with Gasteiger partial charge in [0, 0.05) is 29.7 Å². The van der Waals surface area contributed by atoms with Crippen molar-refractivity contribution < 1.29 is 4.74 Å². The topological polar surface area (TPSA) is 24.5 Å². The number of hydrogen-bond acceptors (Lipinski definition) is 3. The summed E-state index contributed by atoms with van der Waals surface area (Å²) in [4.78, 5) is 2.60. The molecule has 0 aliphatic heterocycles. The van der Waals surface area contributed by atoms with Crippen molar-refractivity contribution in [2.45, 2.75) is 51.6 Å². The Morgan fingerprint density at radius 1 is 1.24 bits per heavy atom. The summed E-state index contributed by atoms with van der Waals surface area (Å²) < 4.78 is 5.58. The fourth-order valence-corrected chi connectivity index (χ4v) is 3.14. The number of benzene rings is 1. The lowest BCUT2D eigenvalue weighted by Gasteiger charge is -2.33. The minimum atomic E-state index is 0.181. The Bertz CT molecular complexity index is 461. The van der Waals surface area contributed by atoms with Crippen LogP contribution in [0.3, 0.4) is 0 Å². The number of rotatable bonds is 7. The van der Waals surface area contributed by atoms with Gasteiger partial charge in [-0.05, 0) is 46.2 Å². The van der Waals surface area contributed by atoms with E-state index in [-0.39, 0.29) is 11.1 Å². The van der Waals surface area contributed by atoms with Gasteiger partial charge in [0.15, 0.2) is 0 Å². The van der Waals surface area contributed by atoms with Crippen molar-refractivity contribution in [3.05, 3.63) is 29.8 Å². The second kappa shape index (κ2) is 6.37. The highest BCUT2D eigenvalue weighted by Crippen LogP contribution is 2.53. The molecule has 0 amide bonds. The molecule has 0 heterocycles. The molecule has 1 aromatic rings. The first-order valence-electron chi connectivity index (χ1n) is 8.06. The van der Waals surface area contributed by atoms with Crippen LogP contribution < -0.4 is 10.1 Å². The lowest BCUT2D eigenvalue weighted by molar-refractivity contribution is 0.178. The Morgan fingerprint density at radius 3 is 2.43 bits per heavy atom. The summed E-state index contributed by atoms with van der Waals surface area (Å²) >= 11 is 0. The Morgan fingerprint density at radius 2 is 1.90 bits per heavy atom. The van der Waals surface area contributed by atoms with Crippen molar-refractivity contribution in [2.24, 2.45) is 0 Å². The third kappa shape index (κ3) is 3.78. The second-order valence-electron chi connectivity index (χ2n) is 6.99. The number of ether oxygens (including phenoxy) is 1. The van der Waals surface area contributed by atoms with Crippen LogP contribution in [0, 0.1) is 0 Å². The predicted octanol–water partition coefficient (Wildman–Crippen LogP) is 3.39. The maximum Gasteiger partial charge on any atom is 0.123 e. The van der Waals surface area contributed by atoms with Crippen molar-refractivity contribution in [3.63, 3.8) is 0 Å². The molecular weight excluding hydrogens is 260 g/mol. The Kier molecular flexibility index (Phi) is 4.95. The zero-order valence-corrected chi connectivity index (χ0v) is 14.2. The fourth-order valence-electron chi connectivity index (χ4n) is 3.14. The molecule has 1 aliphatic carbocycles. The van der Waals surface area contributed by atoms with Gasteiger partial charge in [-0.2, -0.15) is 0 Å². The van der Waals surface area contributed by atoms with Crippen molar-refractivity contribution in [3.8, 4) is 5.75 Å². The lowest BCUT2D eigenvalue weighted by atomic mass is 10.0. The maximum absolute atomic E-state index is 5.58. The average Bonchev–Trinajstić information content (AvgIpc) is 3.24. The first-order chi connectivity index (χ1) is 9.93. The molecule has 0 saturated heterocycles. The van der Waals surface area contributed by atoms with Crippen LogP contribution in [0.25, 0.3) is 0 Å². The van der Waals surface area contributed by atoms with Crippen LogP contribution in [0.2, 0.25) is 0 Å². The van der Waals surface area contributed by atoms with E-state index in [4.69, 9.17) is 4.74 Å². The molecule has 0 radical (unpaired) electrons. The summed E-state index contributed by atoms with van der Waals surface area (Å²) in [7, 11) is 1.77. The average molecular weight is 290 g/mol. The molecule has 1 aromatic carbocycles. The fraction of sp³-hybridized carbons (Fsp3) is 0.667. The molecule has 118 valence electrons. The van der Waals surface area contributed by atoms with Crippen molar-refractivity contribution >= 4 is 0 Å². The standard InChI is InChI=1S/C18H30N2O/c1-6-20(14-13-19-17(2,3)4)18(11-12-18)15-9-7-8-10-16(15)21-5/h7-10,19H,6,11-14H2,1-5H3. The van der Waals surface area contributed by atoms with Gasteiger partial charge in [0.1, 0.15) is 5.75 Å². The van der Waals surface area contributed by atoms with Gasteiger partial charge >= 0.3 is 0 Å². The molecule has 1 aliphatic rings. The highest BCUT2D eigenvalue weighted by atomic mass is 16.5. The molecule has 1 saturated carbocycles. The van der Waals surface area contributed by atoms with Crippen LogP contribution in [0.5, 0.6) is 5.75 Å². The summed E-state index contributed by atoms with van der Waals surface area (Å²) in [6.07, 6.45) is 2.47. The highest BCUT2D eigenvalue weighted by Gasteiger charge is 2.50. The minimum Gasteiger partial charge on any atom is -0.496 e. The van der Waals surface area contributed by atoms with Crippen LogP contribution >= 0.6 is 0 Å². The normalized spacial score (nSPS) is 17.0. The zero-order valence-electron chi connectivity index (χ0n) is 14.2. The van der Waals surface area contributed by atoms with Gasteiger partial charge in [-0.25, -0.2) is 0 Å². The number of hydrogen-bond donors (Lipinski definition) is 1. The molecule has 3 heteroatoms. The number of nitrogens with zero attached hydrogens (tertiary/aromatic N) is 1. The van der Waals surface area contributed by atoms with E-state index in [2.05, 4.69) is 62.2 Å². The van der Waals surface area contributed by atoms with Crippen LogP contribution in [0.1, 0.15) is 46.1 Å². The zero-order chi connectivity index (χ0) is 15.5. The van der Waals surface area contributed by atoms with E-state index in [9.17, 15) is 0 Å². The maximum atomic E-state index is 5.58. The molecule has 0 unspecified atom stereocenters. The molecule has 3 nitrogen and oxygen atoms in total. The SMILES string of the molecule is CCN(CCNC(C)(C)C)C1(c2ccccc2OC)CC1. The van der Waals surface area contributed by atoms with Gasteiger partial charge in [0.2, 0.25) is 0 Å². The monoisotopic (exact) mass is 290 g/mol. The van der Waals surface area contributed by atoms with Crippen molar-refractivity contribution in [1.82, 2.24) is 10.2 Å². The van der Waals surface area contributed by atoms with E-state index >= 15 is 0 Å². The second-order valence-corrected chi connectivity index (χ2v) is 6.99. The number of methoxy groups -OCH3 is 1. The number of para-hydroxylation sites is 1. The van der Waals surface area contributed by atoms with E-state index in [0.717, 1.165) is 25.4 Å². The van der Waals surface area contributed by atoms with Crippen LogP contribution in [0.4, 0.5) is 0 Å². The number of nitrogens with one attached hydrogen (secondary N) is 1. The van der Waals surface area contributed by atoms with E-state index in [1.807, 2.05) is 0 Å². The van der Waals surface area contributed by atoms with Gasteiger partial charge in [-0.1, -0.05) is 25.1 Å². The minimum absolute atomic E-state index is 0.181. The molecule has 0 spiro atoms. The van der Waals surface area contributed by atoms with E-state index in [0.29, 0.717) is 0 Å². The highest BCUT2D eigenvalue weighted by molar-refractivity contribution is 5.42. The van der Waals surface area contributed by atoms with Gasteiger partial charge in [0.25, 0.3) is 0 Å². The third-order valence-corrected chi connectivity index (χ3v) is 4.36. The van der Waals surface area contributed by atoms with Gasteiger partial charge in [-0.3, -0.25) is 4.90 Å². The summed E-state index contributed by atoms with van der Waals surface area (Å²) in [5, 5.41) is 3.59. The van der Waals surface area contributed by atoms with Crippen LogP contribution in [-0.4, -0.2) is 37.2 Å². The lowest BCUT2D eigenvalue weighted by Crippen LogP contribution is -2.44. The number of likely N-dealkylation sites (N-methyl/N-ethyl adjacent to an activating group) is 1. The summed E-state index contributed by atoms with van der Waals surface area (Å²) in [6.45, 7) is 12.1. The van der Waals surface area contributed by atoms with Crippen LogP contribution in [0.15, 0.2) is 24.3 Å². The summed E-state index contributed by atoms with van der Waals surface area (Å²) in [6, 6.07) is 8.48. The molecular formula is C18H30N2O. The third-order valence-electron chi connectivity index (χ3n) is 4.36. The molecule has 1 fully saturated rings. The van der Waals surface area contributed by atoms with E-state index < -0.39 is 0 Å². The smallest absolute Gasteiger partial charge is 0.123 e. The summed E-state index contributed by atoms with van der Waals surface area (Å²) in [5.74, 6) is 1.03.